The normalized spacial score (nSPS) is 10.0. The molecule has 108 valence electrons. The molecule has 0 aromatic heterocycles. The molecule has 2 aromatic rings. The third-order valence-corrected chi connectivity index (χ3v) is 3.20. The Morgan fingerprint density at radius 3 is 2.29 bits per heavy atom. The van der Waals surface area contributed by atoms with E-state index in [0.29, 0.717) is 16.9 Å². The van der Waals surface area contributed by atoms with Crippen LogP contribution in [-0.2, 0) is 6.42 Å². The number of methoxy groups -OCH3 is 1. The number of nitrogens with one attached hydrogen (secondary N) is 1. The Kier molecular flexibility index (Phi) is 4.72. The largest absolute Gasteiger partial charge is 0.496 e. The molecule has 1 N–H and O–H groups in total. The van der Waals surface area contributed by atoms with Crippen LogP contribution in [0.15, 0.2) is 48.5 Å². The molecule has 0 radical (unpaired) electrons. The second-order valence-electron chi connectivity index (χ2n) is 4.53. The molecule has 4 heteroatoms. The number of aryl methyl sites for hydroxylation is 1. The van der Waals surface area contributed by atoms with Crippen molar-refractivity contribution in [3.05, 3.63) is 65.2 Å². The lowest BCUT2D eigenvalue weighted by Gasteiger charge is -2.08. The van der Waals surface area contributed by atoms with Crippen molar-refractivity contribution < 1.29 is 14.3 Å². The Morgan fingerprint density at radius 1 is 1.00 bits per heavy atom. The van der Waals surface area contributed by atoms with E-state index in [-0.39, 0.29) is 0 Å². The minimum Gasteiger partial charge on any atom is -0.496 e. The molecule has 0 saturated heterocycles. The zero-order valence-electron chi connectivity index (χ0n) is 12.1. The minimum absolute atomic E-state index is 0.332. The Hall–Kier alpha value is -2.62. The molecule has 0 aliphatic rings. The van der Waals surface area contributed by atoms with Crippen molar-refractivity contribution in [3.8, 4) is 5.75 Å². The van der Waals surface area contributed by atoms with Gasteiger partial charge in [0.15, 0.2) is 0 Å². The quantitative estimate of drug-likeness (QED) is 0.878. The summed E-state index contributed by atoms with van der Waals surface area (Å²) in [6.45, 7) is 2.04. The highest BCUT2D eigenvalue weighted by Crippen LogP contribution is 2.17. The number of ether oxygens (including phenoxy) is 1. The topological polar surface area (TPSA) is 55.4 Å². The van der Waals surface area contributed by atoms with Gasteiger partial charge in [-0.3, -0.25) is 14.9 Å². The van der Waals surface area contributed by atoms with Crippen LogP contribution in [0.25, 0.3) is 0 Å². The fourth-order valence-electron chi connectivity index (χ4n) is 1.97. The second-order valence-corrected chi connectivity index (χ2v) is 4.53. The molecule has 0 aliphatic carbocycles. The van der Waals surface area contributed by atoms with Crippen LogP contribution in [0.5, 0.6) is 5.75 Å². The first-order chi connectivity index (χ1) is 10.2. The monoisotopic (exact) mass is 283 g/mol. The lowest BCUT2D eigenvalue weighted by atomic mass is 10.1. The summed E-state index contributed by atoms with van der Waals surface area (Å²) in [4.78, 5) is 24.2. The van der Waals surface area contributed by atoms with E-state index in [0.717, 1.165) is 12.0 Å². The molecule has 0 spiro atoms. The number of hydrogen-bond donors (Lipinski definition) is 1. The van der Waals surface area contributed by atoms with Crippen molar-refractivity contribution in [2.75, 3.05) is 7.11 Å². The van der Waals surface area contributed by atoms with Gasteiger partial charge in [-0.2, -0.15) is 0 Å². The maximum Gasteiger partial charge on any atom is 0.261 e. The summed E-state index contributed by atoms with van der Waals surface area (Å²) in [5.41, 5.74) is 1.93. The summed E-state index contributed by atoms with van der Waals surface area (Å²) in [7, 11) is 1.48. The molecule has 0 atom stereocenters. The Labute approximate surface area is 123 Å². The third-order valence-electron chi connectivity index (χ3n) is 3.20. The second kappa shape index (κ2) is 6.70. The number of para-hydroxylation sites is 1. The van der Waals surface area contributed by atoms with Gasteiger partial charge in [0.25, 0.3) is 11.8 Å². The summed E-state index contributed by atoms with van der Waals surface area (Å²) < 4.78 is 5.11. The molecule has 0 saturated carbocycles. The fourth-order valence-corrected chi connectivity index (χ4v) is 1.97. The van der Waals surface area contributed by atoms with Gasteiger partial charge in [-0.25, -0.2) is 0 Å². The summed E-state index contributed by atoms with van der Waals surface area (Å²) in [6, 6.07) is 14.0. The number of carbonyl (C=O) groups excluding carboxylic acids is 2. The predicted octanol–water partition coefficient (Wildman–Crippen LogP) is 2.83. The molecule has 2 rings (SSSR count). The molecule has 2 amide bonds. The van der Waals surface area contributed by atoms with E-state index in [9.17, 15) is 9.59 Å². The summed E-state index contributed by atoms with van der Waals surface area (Å²) in [5, 5.41) is 2.37. The van der Waals surface area contributed by atoms with Crippen molar-refractivity contribution in [1.82, 2.24) is 5.32 Å². The van der Waals surface area contributed by atoms with Crippen LogP contribution < -0.4 is 10.1 Å². The molecule has 2 aromatic carbocycles. The lowest BCUT2D eigenvalue weighted by molar-refractivity contribution is 0.0848. The predicted molar refractivity (Wildman–Crippen MR) is 80.6 cm³/mol. The number of imide groups is 1. The summed E-state index contributed by atoms with van der Waals surface area (Å²) in [6.07, 6.45) is 0.905. The number of hydrogen-bond acceptors (Lipinski definition) is 3. The van der Waals surface area contributed by atoms with Gasteiger partial charge in [0.2, 0.25) is 0 Å². The van der Waals surface area contributed by atoms with Crippen molar-refractivity contribution in [3.63, 3.8) is 0 Å². The van der Waals surface area contributed by atoms with Gasteiger partial charge in [-0.1, -0.05) is 31.2 Å². The van der Waals surface area contributed by atoms with Gasteiger partial charge in [0.05, 0.1) is 12.7 Å². The van der Waals surface area contributed by atoms with Crippen LogP contribution in [0.3, 0.4) is 0 Å². The van der Waals surface area contributed by atoms with E-state index in [2.05, 4.69) is 5.32 Å². The molecule has 0 unspecified atom stereocenters. The first-order valence-electron chi connectivity index (χ1n) is 6.73. The average molecular weight is 283 g/mol. The SMILES string of the molecule is CCc1ccc(C(=O)NC(=O)c2ccccc2OC)cc1. The Bertz CT molecular complexity index is 647. The van der Waals surface area contributed by atoms with Crippen LogP contribution in [0.1, 0.15) is 33.2 Å². The first-order valence-corrected chi connectivity index (χ1v) is 6.73. The van der Waals surface area contributed by atoms with E-state index in [1.807, 2.05) is 19.1 Å². The highest BCUT2D eigenvalue weighted by Gasteiger charge is 2.15. The van der Waals surface area contributed by atoms with Crippen LogP contribution in [0.2, 0.25) is 0 Å². The number of carbonyl (C=O) groups is 2. The van der Waals surface area contributed by atoms with E-state index in [1.165, 1.54) is 7.11 Å². The van der Waals surface area contributed by atoms with Gasteiger partial charge in [0, 0.05) is 5.56 Å². The smallest absolute Gasteiger partial charge is 0.261 e. The molecular weight excluding hydrogens is 266 g/mol. The zero-order valence-corrected chi connectivity index (χ0v) is 12.1. The standard InChI is InChI=1S/C17H17NO3/c1-3-12-8-10-13(11-9-12)16(19)18-17(20)14-6-4-5-7-15(14)21-2/h4-11H,3H2,1-2H3,(H,18,19,20). The summed E-state index contributed by atoms with van der Waals surface area (Å²) in [5.74, 6) is -0.463. The van der Waals surface area contributed by atoms with Crippen LogP contribution in [-0.4, -0.2) is 18.9 Å². The van der Waals surface area contributed by atoms with Crippen molar-refractivity contribution >= 4 is 11.8 Å². The minimum atomic E-state index is -0.475. The van der Waals surface area contributed by atoms with Crippen LogP contribution in [0, 0.1) is 0 Å². The van der Waals surface area contributed by atoms with E-state index >= 15 is 0 Å². The molecule has 4 nitrogen and oxygen atoms in total. The van der Waals surface area contributed by atoms with Gasteiger partial charge >= 0.3 is 0 Å². The molecular formula is C17H17NO3. The molecule has 0 bridgehead atoms. The van der Waals surface area contributed by atoms with Crippen LogP contribution >= 0.6 is 0 Å². The van der Waals surface area contributed by atoms with Crippen molar-refractivity contribution in [2.24, 2.45) is 0 Å². The van der Waals surface area contributed by atoms with Gasteiger partial charge in [-0.05, 0) is 36.2 Å². The summed E-state index contributed by atoms with van der Waals surface area (Å²) >= 11 is 0. The third kappa shape index (κ3) is 3.48. The van der Waals surface area contributed by atoms with Gasteiger partial charge in [-0.15, -0.1) is 0 Å². The first kappa shape index (κ1) is 14.8. The van der Waals surface area contributed by atoms with Crippen molar-refractivity contribution in [1.29, 1.82) is 0 Å². The highest BCUT2D eigenvalue weighted by atomic mass is 16.5. The number of benzene rings is 2. The van der Waals surface area contributed by atoms with E-state index in [4.69, 9.17) is 4.74 Å². The molecule has 0 fully saturated rings. The fraction of sp³-hybridized carbons (Fsp3) is 0.176. The average Bonchev–Trinajstić information content (AvgIpc) is 2.54. The maximum atomic E-state index is 12.1. The van der Waals surface area contributed by atoms with Gasteiger partial charge < -0.3 is 4.74 Å². The van der Waals surface area contributed by atoms with Crippen LogP contribution in [0.4, 0.5) is 0 Å². The van der Waals surface area contributed by atoms with Gasteiger partial charge in [0.1, 0.15) is 5.75 Å². The van der Waals surface area contributed by atoms with E-state index < -0.39 is 11.8 Å². The number of amides is 2. The van der Waals surface area contributed by atoms with E-state index in [1.54, 1.807) is 36.4 Å². The van der Waals surface area contributed by atoms with Crippen molar-refractivity contribution in [2.45, 2.75) is 13.3 Å². The highest BCUT2D eigenvalue weighted by molar-refractivity contribution is 6.11. The maximum absolute atomic E-state index is 12.1. The number of rotatable bonds is 4. The molecule has 0 heterocycles. The molecule has 21 heavy (non-hydrogen) atoms. The zero-order chi connectivity index (χ0) is 15.2. The Morgan fingerprint density at radius 2 is 1.67 bits per heavy atom. The Balaban J connectivity index is 2.13. The lowest BCUT2D eigenvalue weighted by Crippen LogP contribution is -2.30. The molecule has 0 aliphatic heterocycles.